The molecule has 94 valence electrons. The molecule has 0 aromatic rings. The first-order valence-corrected chi connectivity index (χ1v) is 5.00. The van der Waals surface area contributed by atoms with Gasteiger partial charge in [0.1, 0.15) is 13.3 Å². The molecule has 0 spiro atoms. The molecule has 0 radical (unpaired) electrons. The van der Waals surface area contributed by atoms with E-state index < -0.39 is 6.18 Å². The zero-order valence-corrected chi connectivity index (χ0v) is 9.53. The van der Waals surface area contributed by atoms with Gasteiger partial charge in [-0.2, -0.15) is 13.2 Å². The number of rotatable bonds is 2. The molecule has 1 unspecified atom stereocenters. The van der Waals surface area contributed by atoms with Crippen LogP contribution < -0.4 is 0 Å². The maximum absolute atomic E-state index is 12.0. The van der Waals surface area contributed by atoms with Crippen LogP contribution in [0.3, 0.4) is 0 Å². The molecule has 0 saturated carbocycles. The van der Waals surface area contributed by atoms with Crippen molar-refractivity contribution in [3.63, 3.8) is 0 Å². The van der Waals surface area contributed by atoms with Gasteiger partial charge in [-0.05, 0) is 13.3 Å². The van der Waals surface area contributed by atoms with Gasteiger partial charge in [0, 0.05) is 5.92 Å². The third kappa shape index (κ3) is 4.84. The third-order valence-corrected chi connectivity index (χ3v) is 2.14. The van der Waals surface area contributed by atoms with E-state index in [1.807, 2.05) is 19.1 Å². The first-order chi connectivity index (χ1) is 7.92. The molecule has 1 atom stereocenters. The molecule has 17 heavy (non-hydrogen) atoms. The van der Waals surface area contributed by atoms with Gasteiger partial charge in [-0.1, -0.05) is 29.0 Å². The average Bonchev–Trinajstić information content (AvgIpc) is 2.24. The molecule has 0 aromatic heterocycles. The molecule has 1 rings (SSSR count). The highest BCUT2D eigenvalue weighted by atomic mass is 19.4. The Morgan fingerprint density at radius 2 is 2.24 bits per heavy atom. The molecule has 1 aliphatic carbocycles. The van der Waals surface area contributed by atoms with Crippen molar-refractivity contribution in [2.45, 2.75) is 19.5 Å². The van der Waals surface area contributed by atoms with Crippen LogP contribution in [0.15, 0.2) is 33.9 Å². The maximum Gasteiger partial charge on any atom is 0.426 e. The summed E-state index contributed by atoms with van der Waals surface area (Å²) in [7, 11) is 1.27. The van der Waals surface area contributed by atoms with Crippen LogP contribution in [0.5, 0.6) is 0 Å². The van der Waals surface area contributed by atoms with Crippen molar-refractivity contribution in [1.29, 1.82) is 0 Å². The van der Waals surface area contributed by atoms with E-state index in [0.29, 0.717) is 6.42 Å². The summed E-state index contributed by atoms with van der Waals surface area (Å²) >= 11 is 0. The highest BCUT2D eigenvalue weighted by Gasteiger charge is 2.25. The Balaban J connectivity index is 2.79. The molecule has 0 saturated heterocycles. The third-order valence-electron chi connectivity index (χ3n) is 2.14. The van der Waals surface area contributed by atoms with Crippen molar-refractivity contribution < 1.29 is 18.0 Å². The molecular weight excluding hydrogens is 233 g/mol. The van der Waals surface area contributed by atoms with Crippen molar-refractivity contribution in [2.24, 2.45) is 16.1 Å². The maximum atomic E-state index is 12.0. The Morgan fingerprint density at radius 3 is 2.71 bits per heavy atom. The number of allylic oxidation sites excluding steroid dienone is 3. The van der Waals surface area contributed by atoms with Crippen molar-refractivity contribution in [3.8, 4) is 0 Å². The minimum Gasteiger partial charge on any atom is -0.398 e. The van der Waals surface area contributed by atoms with Gasteiger partial charge in [-0.3, -0.25) is 0 Å². The summed E-state index contributed by atoms with van der Waals surface area (Å²) < 4.78 is 36.0. The first kappa shape index (κ1) is 13.5. The van der Waals surface area contributed by atoms with Crippen molar-refractivity contribution in [1.82, 2.24) is 0 Å². The van der Waals surface area contributed by atoms with E-state index in [-0.39, 0.29) is 18.0 Å². The largest absolute Gasteiger partial charge is 0.426 e. The lowest BCUT2D eigenvalue weighted by atomic mass is 9.96. The van der Waals surface area contributed by atoms with Gasteiger partial charge >= 0.3 is 6.18 Å². The lowest BCUT2D eigenvalue weighted by molar-refractivity contribution is -0.0534. The molecule has 3 nitrogen and oxygen atoms in total. The fraction of sp³-hybridized carbons (Fsp3) is 0.455. The van der Waals surface area contributed by atoms with Crippen LogP contribution in [0.2, 0.25) is 0 Å². The van der Waals surface area contributed by atoms with Gasteiger partial charge in [0.2, 0.25) is 0 Å². The number of nitrogens with zero attached hydrogens (tertiary/aromatic N) is 2. The summed E-state index contributed by atoms with van der Waals surface area (Å²) in [5.41, 5.74) is 1.07. The van der Waals surface area contributed by atoms with Crippen molar-refractivity contribution in [2.75, 3.05) is 7.11 Å². The molecule has 6 heteroatoms. The summed E-state index contributed by atoms with van der Waals surface area (Å²) in [6, 6.07) is 0. The van der Waals surface area contributed by atoms with Crippen LogP contribution in [-0.4, -0.2) is 25.3 Å². The number of hydrogen-bond acceptors (Lipinski definition) is 2. The summed E-state index contributed by atoms with van der Waals surface area (Å²) in [4.78, 5) is 7.83. The SMILES string of the molecule is CO/N=C(\N=CC(F)(F)F)C1C=CC(C)=CC1. The van der Waals surface area contributed by atoms with Crippen molar-refractivity contribution in [3.05, 3.63) is 23.8 Å². The van der Waals surface area contributed by atoms with Gasteiger partial charge in [0.05, 0.1) is 0 Å². The van der Waals surface area contributed by atoms with E-state index in [4.69, 9.17) is 0 Å². The highest BCUT2D eigenvalue weighted by Crippen LogP contribution is 2.19. The van der Waals surface area contributed by atoms with E-state index in [1.54, 1.807) is 6.08 Å². The number of alkyl halides is 3. The minimum absolute atomic E-state index is 0.0184. The fourth-order valence-electron chi connectivity index (χ4n) is 1.34. The molecule has 0 aromatic carbocycles. The number of aliphatic imine (C=N–C) groups is 1. The predicted octanol–water partition coefficient (Wildman–Crippen LogP) is 3.10. The number of hydrogen-bond donors (Lipinski definition) is 0. The van der Waals surface area contributed by atoms with E-state index in [0.717, 1.165) is 5.57 Å². The molecule has 0 aliphatic heterocycles. The summed E-state index contributed by atoms with van der Waals surface area (Å²) in [5, 5.41) is 3.51. The van der Waals surface area contributed by atoms with E-state index >= 15 is 0 Å². The fourth-order valence-corrected chi connectivity index (χ4v) is 1.34. The molecule has 0 N–H and O–H groups in total. The Kier molecular flexibility index (Phi) is 4.48. The summed E-state index contributed by atoms with van der Waals surface area (Å²) in [5.74, 6) is -0.262. The summed E-state index contributed by atoms with van der Waals surface area (Å²) in [6.45, 7) is 1.92. The Bertz CT molecular complexity index is 381. The van der Waals surface area contributed by atoms with Gasteiger partial charge in [-0.15, -0.1) is 0 Å². The number of oxime groups is 1. The zero-order chi connectivity index (χ0) is 12.9. The normalized spacial score (nSPS) is 21.8. The van der Waals surface area contributed by atoms with Crippen molar-refractivity contribution >= 4 is 12.1 Å². The van der Waals surface area contributed by atoms with E-state index in [2.05, 4.69) is 15.0 Å². The molecule has 0 heterocycles. The lowest BCUT2D eigenvalue weighted by Gasteiger charge is -2.13. The van der Waals surface area contributed by atoms with Crippen LogP contribution in [0.1, 0.15) is 13.3 Å². The second-order valence-corrected chi connectivity index (χ2v) is 3.58. The van der Waals surface area contributed by atoms with Crippen LogP contribution in [0.4, 0.5) is 13.2 Å². The van der Waals surface area contributed by atoms with Gasteiger partial charge < -0.3 is 4.84 Å². The minimum atomic E-state index is -4.45. The zero-order valence-electron chi connectivity index (χ0n) is 9.53. The van der Waals surface area contributed by atoms with Crippen LogP contribution in [-0.2, 0) is 4.84 Å². The Hall–Kier alpha value is -1.59. The predicted molar refractivity (Wildman–Crippen MR) is 60.0 cm³/mol. The van der Waals surface area contributed by atoms with Gasteiger partial charge in [0.15, 0.2) is 5.84 Å². The summed E-state index contributed by atoms with van der Waals surface area (Å²) in [6.07, 6.45) is 1.55. The molecule has 1 aliphatic rings. The van der Waals surface area contributed by atoms with Crippen LogP contribution in [0, 0.1) is 5.92 Å². The van der Waals surface area contributed by atoms with E-state index in [9.17, 15) is 13.2 Å². The Labute approximate surface area is 97.4 Å². The van der Waals surface area contributed by atoms with Gasteiger partial charge in [-0.25, -0.2) is 4.99 Å². The van der Waals surface area contributed by atoms with Crippen LogP contribution >= 0.6 is 0 Å². The van der Waals surface area contributed by atoms with Gasteiger partial charge in [0.25, 0.3) is 0 Å². The molecule has 0 amide bonds. The quantitative estimate of drug-likeness (QED) is 0.418. The second kappa shape index (κ2) is 5.65. The molecule has 0 fully saturated rings. The number of amidine groups is 1. The monoisotopic (exact) mass is 246 g/mol. The standard InChI is InChI=1S/C11H13F3N2O/c1-8-3-5-9(6-4-8)10(16-17-2)15-7-11(12,13)14/h3-5,7,9H,6H2,1-2H3/b15-7?,16-10-. The topological polar surface area (TPSA) is 34.0 Å². The molecular formula is C11H13F3N2O. The molecule has 0 bridgehead atoms. The van der Waals surface area contributed by atoms with Crippen LogP contribution in [0.25, 0.3) is 0 Å². The Morgan fingerprint density at radius 1 is 1.53 bits per heavy atom. The average molecular weight is 246 g/mol. The first-order valence-electron chi connectivity index (χ1n) is 5.00. The number of halogens is 3. The second-order valence-electron chi connectivity index (χ2n) is 3.58. The lowest BCUT2D eigenvalue weighted by Crippen LogP contribution is -2.16. The smallest absolute Gasteiger partial charge is 0.398 e. The highest BCUT2D eigenvalue weighted by molar-refractivity contribution is 5.93. The van der Waals surface area contributed by atoms with E-state index in [1.165, 1.54) is 7.11 Å².